The standard InChI is InChI=1S/C5H11N3O4/c6-2(4(9)10)1-12-5(11)3(7)8/h2,11H,1,6-8H2,(H,9,10)/t2-/m0/s1. The number of carbonyl (C=O) groups is 1. The van der Waals surface area contributed by atoms with Gasteiger partial charge in [0.25, 0.3) is 5.82 Å². The van der Waals surface area contributed by atoms with Gasteiger partial charge in [0, 0.05) is 0 Å². The second-order valence-corrected chi connectivity index (χ2v) is 2.07. The quantitative estimate of drug-likeness (QED) is 0.321. The highest BCUT2D eigenvalue weighted by atomic mass is 16.6. The van der Waals surface area contributed by atoms with E-state index in [1.807, 2.05) is 0 Å². The Morgan fingerprint density at radius 3 is 2.58 bits per heavy atom. The van der Waals surface area contributed by atoms with Crippen LogP contribution in [0.4, 0.5) is 0 Å². The molecule has 0 aliphatic rings. The van der Waals surface area contributed by atoms with Crippen molar-refractivity contribution < 1.29 is 25.5 Å². The molecule has 0 aromatic rings. The summed E-state index contributed by atoms with van der Waals surface area (Å²) in [5.74, 6) is -2.29. The number of ether oxygens (including phenoxy) is 1. The summed E-state index contributed by atoms with van der Waals surface area (Å²) in [6.07, 6.45) is 0. The third-order valence-corrected chi connectivity index (χ3v) is 0.977. The van der Waals surface area contributed by atoms with Crippen molar-refractivity contribution in [3.63, 3.8) is 0 Å². The maximum absolute atomic E-state index is 10.0. The number of hydrogen-bond donors (Lipinski definition) is 4. The monoisotopic (exact) mass is 177 g/mol. The molecule has 70 valence electrons. The maximum Gasteiger partial charge on any atom is 0.360 e. The first-order chi connectivity index (χ1) is 5.45. The SMILES string of the molecule is N/C([NH3+])=C(\O)OC[C@H](N)C(=O)[O-]. The molecule has 0 spiro atoms. The zero-order chi connectivity index (χ0) is 9.72. The van der Waals surface area contributed by atoms with Crippen molar-refractivity contribution in [1.82, 2.24) is 0 Å². The van der Waals surface area contributed by atoms with Crippen LogP contribution in [0.2, 0.25) is 0 Å². The van der Waals surface area contributed by atoms with E-state index in [4.69, 9.17) is 16.6 Å². The maximum atomic E-state index is 10.0. The summed E-state index contributed by atoms with van der Waals surface area (Å²) in [7, 11) is 0. The van der Waals surface area contributed by atoms with Crippen LogP contribution in [-0.4, -0.2) is 23.7 Å². The molecule has 0 fully saturated rings. The van der Waals surface area contributed by atoms with Gasteiger partial charge in [-0.15, -0.1) is 0 Å². The molecule has 8 N–H and O–H groups in total. The van der Waals surface area contributed by atoms with Crippen LogP contribution in [0.25, 0.3) is 0 Å². The molecule has 0 radical (unpaired) electrons. The Labute approximate surface area is 68.4 Å². The van der Waals surface area contributed by atoms with E-state index in [0.29, 0.717) is 0 Å². The Balaban J connectivity index is 3.85. The van der Waals surface area contributed by atoms with E-state index in [1.165, 1.54) is 0 Å². The van der Waals surface area contributed by atoms with Crippen LogP contribution in [0.3, 0.4) is 0 Å². The van der Waals surface area contributed by atoms with Crippen LogP contribution in [0.1, 0.15) is 0 Å². The molecule has 0 saturated heterocycles. The Morgan fingerprint density at radius 1 is 1.75 bits per heavy atom. The van der Waals surface area contributed by atoms with E-state index in [9.17, 15) is 9.90 Å². The smallest absolute Gasteiger partial charge is 0.360 e. The van der Waals surface area contributed by atoms with Crippen LogP contribution in [-0.2, 0) is 9.53 Å². The molecule has 0 aromatic heterocycles. The summed E-state index contributed by atoms with van der Waals surface area (Å²) in [5.41, 5.74) is 13.1. The number of aliphatic hydroxyl groups is 1. The van der Waals surface area contributed by atoms with Gasteiger partial charge in [0.15, 0.2) is 0 Å². The van der Waals surface area contributed by atoms with Crippen molar-refractivity contribution in [3.05, 3.63) is 11.8 Å². The molecular weight excluding hydrogens is 166 g/mol. The minimum absolute atomic E-state index is 0.194. The van der Waals surface area contributed by atoms with E-state index in [1.54, 1.807) is 0 Å². The van der Waals surface area contributed by atoms with E-state index in [0.717, 1.165) is 0 Å². The van der Waals surface area contributed by atoms with Crippen LogP contribution >= 0.6 is 0 Å². The molecule has 0 rings (SSSR count). The van der Waals surface area contributed by atoms with Crippen LogP contribution in [0.15, 0.2) is 11.8 Å². The highest BCUT2D eigenvalue weighted by Gasteiger charge is 2.07. The molecule has 0 aliphatic heterocycles. The Morgan fingerprint density at radius 2 is 2.25 bits per heavy atom. The minimum atomic E-state index is -1.47. The van der Waals surface area contributed by atoms with E-state index >= 15 is 0 Å². The van der Waals surface area contributed by atoms with Crippen molar-refractivity contribution in [2.24, 2.45) is 11.5 Å². The molecule has 7 heteroatoms. The predicted molar refractivity (Wildman–Crippen MR) is 35.7 cm³/mol. The summed E-state index contributed by atoms with van der Waals surface area (Å²) < 4.78 is 4.43. The van der Waals surface area contributed by atoms with Gasteiger partial charge in [-0.3, -0.25) is 0 Å². The number of nitrogens with two attached hydrogens (primary N) is 2. The normalized spacial score (nSPS) is 14.8. The number of hydrogen-bond acceptors (Lipinski definition) is 6. The zero-order valence-electron chi connectivity index (χ0n) is 6.32. The minimum Gasteiger partial charge on any atom is -0.548 e. The Kier molecular flexibility index (Phi) is 3.88. The van der Waals surface area contributed by atoms with Gasteiger partial charge >= 0.3 is 5.95 Å². The second kappa shape index (κ2) is 4.42. The van der Waals surface area contributed by atoms with Crippen LogP contribution < -0.4 is 22.3 Å². The number of rotatable bonds is 4. The number of aliphatic hydroxyl groups excluding tert-OH is 1. The fourth-order valence-corrected chi connectivity index (χ4v) is 0.329. The highest BCUT2D eigenvalue weighted by Crippen LogP contribution is 1.91. The van der Waals surface area contributed by atoms with Gasteiger partial charge in [0.2, 0.25) is 0 Å². The third kappa shape index (κ3) is 3.64. The first-order valence-corrected chi connectivity index (χ1v) is 3.05. The van der Waals surface area contributed by atoms with Gasteiger partial charge in [-0.05, 0) is 0 Å². The van der Waals surface area contributed by atoms with E-state index in [2.05, 4.69) is 10.5 Å². The topological polar surface area (TPSA) is 149 Å². The van der Waals surface area contributed by atoms with Crippen molar-refractivity contribution in [2.45, 2.75) is 6.04 Å². The lowest BCUT2D eigenvalue weighted by Gasteiger charge is -2.12. The number of carbonyl (C=O) groups excluding carboxylic acids is 1. The summed E-state index contributed by atoms with van der Waals surface area (Å²) in [6, 6.07) is -1.30. The predicted octanol–water partition coefficient (Wildman–Crippen LogP) is -4.03. The van der Waals surface area contributed by atoms with E-state index < -0.39 is 24.6 Å². The molecule has 0 unspecified atom stereocenters. The van der Waals surface area contributed by atoms with Gasteiger partial charge in [0.1, 0.15) is 6.61 Å². The molecule has 0 saturated carbocycles. The van der Waals surface area contributed by atoms with Gasteiger partial charge in [-0.2, -0.15) is 0 Å². The molecule has 12 heavy (non-hydrogen) atoms. The average Bonchev–Trinajstić information content (AvgIpc) is 1.98. The molecule has 0 heterocycles. The lowest BCUT2D eigenvalue weighted by atomic mass is 10.3. The van der Waals surface area contributed by atoms with Crippen LogP contribution in [0.5, 0.6) is 0 Å². The van der Waals surface area contributed by atoms with Gasteiger partial charge in [0.05, 0.1) is 12.0 Å². The molecule has 0 bridgehead atoms. The Bertz CT molecular complexity index is 199. The van der Waals surface area contributed by atoms with E-state index in [-0.39, 0.29) is 5.82 Å². The molecular formula is C5H11N3O4. The largest absolute Gasteiger partial charge is 0.548 e. The fourth-order valence-electron chi connectivity index (χ4n) is 0.329. The van der Waals surface area contributed by atoms with Crippen molar-refractivity contribution in [3.8, 4) is 0 Å². The number of carboxylic acids is 1. The first-order valence-electron chi connectivity index (χ1n) is 3.05. The molecule has 0 amide bonds. The lowest BCUT2D eigenvalue weighted by molar-refractivity contribution is -0.316. The number of carboxylic acid groups (broad SMARTS) is 1. The average molecular weight is 177 g/mol. The van der Waals surface area contributed by atoms with Crippen molar-refractivity contribution >= 4 is 5.97 Å². The van der Waals surface area contributed by atoms with Crippen molar-refractivity contribution in [2.75, 3.05) is 6.61 Å². The van der Waals surface area contributed by atoms with Crippen molar-refractivity contribution in [1.29, 1.82) is 0 Å². The Hall–Kier alpha value is -1.47. The second-order valence-electron chi connectivity index (χ2n) is 2.07. The molecule has 0 aliphatic carbocycles. The summed E-state index contributed by atoms with van der Waals surface area (Å²) in [4.78, 5) is 10.0. The van der Waals surface area contributed by atoms with Crippen LogP contribution in [0, 0.1) is 0 Å². The number of quaternary nitrogens is 1. The zero-order valence-corrected chi connectivity index (χ0v) is 6.32. The third-order valence-electron chi connectivity index (χ3n) is 0.977. The number of aliphatic carboxylic acids is 1. The molecule has 1 atom stereocenters. The summed E-state index contributed by atoms with van der Waals surface area (Å²) in [6.45, 7) is -0.412. The van der Waals surface area contributed by atoms with Gasteiger partial charge < -0.3 is 36.9 Å². The first kappa shape index (κ1) is 10.5. The molecule has 0 aromatic carbocycles. The fraction of sp³-hybridized carbons (Fsp3) is 0.400. The lowest BCUT2D eigenvalue weighted by Crippen LogP contribution is -2.53. The summed E-state index contributed by atoms with van der Waals surface area (Å²) >= 11 is 0. The highest BCUT2D eigenvalue weighted by molar-refractivity contribution is 5.70. The summed E-state index contributed by atoms with van der Waals surface area (Å²) in [5, 5.41) is 18.8. The van der Waals surface area contributed by atoms with Gasteiger partial charge in [-0.1, -0.05) is 0 Å². The van der Waals surface area contributed by atoms with Gasteiger partial charge in [-0.25, -0.2) is 0 Å². The molecule has 7 nitrogen and oxygen atoms in total.